The van der Waals surface area contributed by atoms with Crippen LogP contribution in [-0.4, -0.2) is 12.7 Å². The number of hydrogen-bond acceptors (Lipinski definition) is 1. The van der Waals surface area contributed by atoms with Crippen LogP contribution in [0.5, 0.6) is 0 Å². The molecule has 0 N–H and O–H groups in total. The number of unbranched alkanes of at least 4 members (excludes halogenated alkanes) is 2. The van der Waals surface area contributed by atoms with Crippen LogP contribution in [0.25, 0.3) is 0 Å². The van der Waals surface area contributed by atoms with Crippen LogP contribution in [0.4, 0.5) is 0 Å². The lowest BCUT2D eigenvalue weighted by Gasteiger charge is -2.37. The first-order valence-electron chi connectivity index (χ1n) is 8.57. The minimum atomic E-state index is 0.563. The van der Waals surface area contributed by atoms with Crippen LogP contribution < -0.4 is 0 Å². The van der Waals surface area contributed by atoms with Crippen LogP contribution >= 0.6 is 0 Å². The maximum absolute atomic E-state index is 6.08. The van der Waals surface area contributed by atoms with Crippen molar-refractivity contribution >= 4 is 0 Å². The molecule has 2 fully saturated rings. The van der Waals surface area contributed by atoms with Gasteiger partial charge in [-0.15, -0.1) is 6.58 Å². The quantitative estimate of drug-likeness (QED) is 0.464. The standard InChI is InChI=1S/C18H32O/c1-3-5-6-7-16-8-11-17(12-9-16)18-13-10-15(4-2)14-19-18/h4,15-18H,2-3,5-14H2,1H3. The van der Waals surface area contributed by atoms with E-state index in [4.69, 9.17) is 4.74 Å². The monoisotopic (exact) mass is 264 g/mol. The predicted octanol–water partition coefficient (Wildman–Crippen LogP) is 5.35. The molecule has 2 aliphatic rings. The van der Waals surface area contributed by atoms with Gasteiger partial charge in [-0.2, -0.15) is 0 Å². The molecule has 1 saturated heterocycles. The van der Waals surface area contributed by atoms with Gasteiger partial charge in [0.05, 0.1) is 12.7 Å². The molecule has 2 rings (SSSR count). The zero-order valence-corrected chi connectivity index (χ0v) is 12.8. The molecule has 0 aromatic rings. The van der Waals surface area contributed by atoms with E-state index < -0.39 is 0 Å². The average molecular weight is 264 g/mol. The molecule has 2 atom stereocenters. The molecule has 0 radical (unpaired) electrons. The molecule has 1 aliphatic carbocycles. The molecule has 1 nitrogen and oxygen atoms in total. The van der Waals surface area contributed by atoms with Gasteiger partial charge >= 0.3 is 0 Å². The predicted molar refractivity (Wildman–Crippen MR) is 82.3 cm³/mol. The van der Waals surface area contributed by atoms with Gasteiger partial charge in [0, 0.05) is 5.92 Å². The Balaban J connectivity index is 1.64. The zero-order valence-electron chi connectivity index (χ0n) is 12.8. The Labute approximate surface area is 119 Å². The topological polar surface area (TPSA) is 9.23 Å². The fourth-order valence-electron chi connectivity index (χ4n) is 3.88. The Hall–Kier alpha value is -0.300. The third kappa shape index (κ3) is 4.63. The zero-order chi connectivity index (χ0) is 13.5. The fraction of sp³-hybridized carbons (Fsp3) is 0.889. The van der Waals surface area contributed by atoms with Gasteiger partial charge in [0.1, 0.15) is 0 Å². The first-order chi connectivity index (χ1) is 9.33. The van der Waals surface area contributed by atoms with Crippen molar-refractivity contribution in [3.05, 3.63) is 12.7 Å². The molecule has 0 spiro atoms. The van der Waals surface area contributed by atoms with Gasteiger partial charge in [0.15, 0.2) is 0 Å². The maximum atomic E-state index is 6.08. The van der Waals surface area contributed by atoms with Gasteiger partial charge in [-0.1, -0.05) is 51.5 Å². The Morgan fingerprint density at radius 3 is 2.42 bits per heavy atom. The van der Waals surface area contributed by atoms with Crippen LogP contribution in [0, 0.1) is 17.8 Å². The number of rotatable bonds is 6. The Kier molecular flexibility index (Phi) is 6.43. The summed E-state index contributed by atoms with van der Waals surface area (Å²) in [6.45, 7) is 7.11. The second kappa shape index (κ2) is 8.09. The van der Waals surface area contributed by atoms with Crippen molar-refractivity contribution in [1.29, 1.82) is 0 Å². The average Bonchev–Trinajstić information content (AvgIpc) is 2.48. The molecule has 1 heteroatoms. The summed E-state index contributed by atoms with van der Waals surface area (Å²) in [7, 11) is 0. The summed E-state index contributed by atoms with van der Waals surface area (Å²) in [6.07, 6.45) is 16.7. The second-order valence-electron chi connectivity index (χ2n) is 6.72. The lowest BCUT2D eigenvalue weighted by molar-refractivity contribution is -0.0493. The highest BCUT2D eigenvalue weighted by atomic mass is 16.5. The molecule has 0 aromatic heterocycles. The van der Waals surface area contributed by atoms with E-state index in [1.807, 2.05) is 0 Å². The lowest BCUT2D eigenvalue weighted by Crippen LogP contribution is -2.33. The lowest BCUT2D eigenvalue weighted by atomic mass is 9.76. The first kappa shape index (κ1) is 15.1. The van der Waals surface area contributed by atoms with E-state index in [9.17, 15) is 0 Å². The molecule has 0 amide bonds. The third-order valence-electron chi connectivity index (χ3n) is 5.31. The summed E-state index contributed by atoms with van der Waals surface area (Å²) >= 11 is 0. The Bertz CT molecular complexity index is 244. The summed E-state index contributed by atoms with van der Waals surface area (Å²) in [5.74, 6) is 2.49. The van der Waals surface area contributed by atoms with Crippen molar-refractivity contribution in [2.75, 3.05) is 6.61 Å². The van der Waals surface area contributed by atoms with E-state index in [0.717, 1.165) is 18.4 Å². The van der Waals surface area contributed by atoms with Crippen LogP contribution in [0.3, 0.4) is 0 Å². The van der Waals surface area contributed by atoms with Crippen molar-refractivity contribution in [2.24, 2.45) is 17.8 Å². The summed E-state index contributed by atoms with van der Waals surface area (Å²) in [5, 5.41) is 0. The van der Waals surface area contributed by atoms with Crippen molar-refractivity contribution in [3.8, 4) is 0 Å². The van der Waals surface area contributed by atoms with Gasteiger partial charge in [-0.25, -0.2) is 0 Å². The summed E-state index contributed by atoms with van der Waals surface area (Å²) < 4.78 is 6.08. The molecular formula is C18H32O. The maximum Gasteiger partial charge on any atom is 0.0603 e. The van der Waals surface area contributed by atoms with Crippen LogP contribution in [0.2, 0.25) is 0 Å². The van der Waals surface area contributed by atoms with Crippen molar-refractivity contribution < 1.29 is 4.74 Å². The van der Waals surface area contributed by atoms with Crippen molar-refractivity contribution in [2.45, 2.75) is 77.2 Å². The molecule has 0 bridgehead atoms. The molecule has 1 saturated carbocycles. The first-order valence-corrected chi connectivity index (χ1v) is 8.57. The van der Waals surface area contributed by atoms with Gasteiger partial charge in [-0.05, 0) is 37.5 Å². The number of hydrogen-bond donors (Lipinski definition) is 0. The van der Waals surface area contributed by atoms with E-state index in [1.54, 1.807) is 0 Å². The summed E-state index contributed by atoms with van der Waals surface area (Å²) in [5.41, 5.74) is 0. The van der Waals surface area contributed by atoms with Crippen molar-refractivity contribution in [3.63, 3.8) is 0 Å². The SMILES string of the molecule is C=CC1CCC(C2CCC(CCCCC)CC2)OC1. The minimum Gasteiger partial charge on any atom is -0.377 e. The highest BCUT2D eigenvalue weighted by Gasteiger charge is 2.30. The molecule has 2 unspecified atom stereocenters. The van der Waals surface area contributed by atoms with Crippen LogP contribution in [-0.2, 0) is 4.74 Å². The number of ether oxygens (including phenoxy) is 1. The van der Waals surface area contributed by atoms with Crippen molar-refractivity contribution in [1.82, 2.24) is 0 Å². The van der Waals surface area contributed by atoms with Gasteiger partial charge < -0.3 is 4.74 Å². The summed E-state index contributed by atoms with van der Waals surface area (Å²) in [4.78, 5) is 0. The third-order valence-corrected chi connectivity index (χ3v) is 5.31. The van der Waals surface area contributed by atoms with Gasteiger partial charge in [-0.3, -0.25) is 0 Å². The smallest absolute Gasteiger partial charge is 0.0603 e. The van der Waals surface area contributed by atoms with E-state index >= 15 is 0 Å². The molecule has 19 heavy (non-hydrogen) atoms. The highest BCUT2D eigenvalue weighted by molar-refractivity contribution is 4.86. The highest BCUT2D eigenvalue weighted by Crippen LogP contribution is 2.37. The Morgan fingerprint density at radius 2 is 1.84 bits per heavy atom. The summed E-state index contributed by atoms with van der Waals surface area (Å²) in [6, 6.07) is 0. The second-order valence-corrected chi connectivity index (χ2v) is 6.72. The molecule has 0 aromatic carbocycles. The van der Waals surface area contributed by atoms with Gasteiger partial charge in [0.25, 0.3) is 0 Å². The fourth-order valence-corrected chi connectivity index (χ4v) is 3.88. The minimum absolute atomic E-state index is 0.563. The van der Waals surface area contributed by atoms with E-state index in [1.165, 1.54) is 64.2 Å². The van der Waals surface area contributed by atoms with E-state index in [2.05, 4.69) is 19.6 Å². The normalized spacial score (nSPS) is 36.1. The molecular weight excluding hydrogens is 232 g/mol. The molecule has 1 aliphatic heterocycles. The Morgan fingerprint density at radius 1 is 1.05 bits per heavy atom. The van der Waals surface area contributed by atoms with E-state index in [0.29, 0.717) is 12.0 Å². The molecule has 110 valence electrons. The molecule has 1 heterocycles. The largest absolute Gasteiger partial charge is 0.377 e. The van der Waals surface area contributed by atoms with E-state index in [-0.39, 0.29) is 0 Å². The van der Waals surface area contributed by atoms with Crippen LogP contribution in [0.1, 0.15) is 71.1 Å². The van der Waals surface area contributed by atoms with Gasteiger partial charge in [0.2, 0.25) is 0 Å². The van der Waals surface area contributed by atoms with Crippen LogP contribution in [0.15, 0.2) is 12.7 Å².